The van der Waals surface area contributed by atoms with Crippen molar-refractivity contribution in [3.8, 4) is 5.75 Å². The van der Waals surface area contributed by atoms with Crippen molar-refractivity contribution in [2.24, 2.45) is 5.92 Å². The zero-order valence-corrected chi connectivity index (χ0v) is 12.6. The largest absolute Gasteiger partial charge is 0.497 e. The van der Waals surface area contributed by atoms with Gasteiger partial charge >= 0.3 is 0 Å². The number of aryl methyl sites for hydroxylation is 1. The second-order valence-corrected chi connectivity index (χ2v) is 5.28. The van der Waals surface area contributed by atoms with Crippen LogP contribution in [0.3, 0.4) is 0 Å². The van der Waals surface area contributed by atoms with E-state index in [1.807, 2.05) is 38.1 Å². The van der Waals surface area contributed by atoms with Gasteiger partial charge in [-0.25, -0.2) is 0 Å². The number of rotatable bonds is 8. The zero-order valence-electron chi connectivity index (χ0n) is 12.6. The first-order valence-electron chi connectivity index (χ1n) is 7.10. The number of hydrogen-bond acceptors (Lipinski definition) is 3. The SMILES string of the molecule is COc1ccc(CCC(=O)NC(CCO)C(C)C)cc1. The van der Waals surface area contributed by atoms with Gasteiger partial charge in [0.1, 0.15) is 5.75 Å². The Balaban J connectivity index is 2.41. The summed E-state index contributed by atoms with van der Waals surface area (Å²) in [5.41, 5.74) is 1.12. The van der Waals surface area contributed by atoms with E-state index in [9.17, 15) is 4.79 Å². The molecule has 0 aliphatic carbocycles. The van der Waals surface area contributed by atoms with Crippen LogP contribution >= 0.6 is 0 Å². The Morgan fingerprint density at radius 3 is 2.45 bits per heavy atom. The minimum Gasteiger partial charge on any atom is -0.497 e. The molecule has 4 nitrogen and oxygen atoms in total. The molecule has 1 unspecified atom stereocenters. The van der Waals surface area contributed by atoms with Gasteiger partial charge in [-0.2, -0.15) is 0 Å². The number of ether oxygens (including phenoxy) is 1. The van der Waals surface area contributed by atoms with Crippen molar-refractivity contribution >= 4 is 5.91 Å². The quantitative estimate of drug-likeness (QED) is 0.766. The molecule has 1 atom stereocenters. The summed E-state index contributed by atoms with van der Waals surface area (Å²) in [4.78, 5) is 11.9. The van der Waals surface area contributed by atoms with Crippen LogP contribution in [0.2, 0.25) is 0 Å². The van der Waals surface area contributed by atoms with Crippen molar-refractivity contribution in [1.29, 1.82) is 0 Å². The van der Waals surface area contributed by atoms with Gasteiger partial charge in [0.25, 0.3) is 0 Å². The Bertz CT molecular complexity index is 401. The molecule has 0 spiro atoms. The molecular formula is C16H25NO3. The van der Waals surface area contributed by atoms with Gasteiger partial charge in [0.05, 0.1) is 7.11 Å². The Morgan fingerprint density at radius 1 is 1.30 bits per heavy atom. The van der Waals surface area contributed by atoms with Gasteiger partial charge in [-0.15, -0.1) is 0 Å². The highest BCUT2D eigenvalue weighted by Gasteiger charge is 2.15. The summed E-state index contributed by atoms with van der Waals surface area (Å²) >= 11 is 0. The monoisotopic (exact) mass is 279 g/mol. The van der Waals surface area contributed by atoms with E-state index in [0.717, 1.165) is 11.3 Å². The molecular weight excluding hydrogens is 254 g/mol. The molecule has 0 aliphatic heterocycles. The third-order valence-electron chi connectivity index (χ3n) is 3.39. The Hall–Kier alpha value is -1.55. The third-order valence-corrected chi connectivity index (χ3v) is 3.39. The molecule has 1 aromatic rings. The Labute approximate surface area is 121 Å². The summed E-state index contributed by atoms with van der Waals surface area (Å²) in [5.74, 6) is 1.18. The molecule has 4 heteroatoms. The molecule has 0 radical (unpaired) electrons. The van der Waals surface area contributed by atoms with Crippen LogP contribution in [0.25, 0.3) is 0 Å². The standard InChI is InChI=1S/C16H25NO3/c1-12(2)15(10-11-18)17-16(19)9-6-13-4-7-14(20-3)8-5-13/h4-5,7-8,12,15,18H,6,9-11H2,1-3H3,(H,17,19). The number of aliphatic hydroxyl groups excluding tert-OH is 1. The van der Waals surface area contributed by atoms with Crippen molar-refractivity contribution in [1.82, 2.24) is 5.32 Å². The predicted octanol–water partition coefficient (Wildman–Crippen LogP) is 2.15. The molecule has 0 fully saturated rings. The maximum Gasteiger partial charge on any atom is 0.220 e. The van der Waals surface area contributed by atoms with Crippen LogP contribution in [0.5, 0.6) is 5.75 Å². The van der Waals surface area contributed by atoms with Gasteiger partial charge in [0, 0.05) is 19.1 Å². The number of aliphatic hydroxyl groups is 1. The fourth-order valence-electron chi connectivity index (χ4n) is 2.04. The summed E-state index contributed by atoms with van der Waals surface area (Å²) in [6.07, 6.45) is 1.77. The van der Waals surface area contributed by atoms with Crippen LogP contribution in [-0.4, -0.2) is 30.8 Å². The second kappa shape index (κ2) is 8.59. The molecule has 1 aromatic carbocycles. The number of benzene rings is 1. The first kappa shape index (κ1) is 16.5. The maximum absolute atomic E-state index is 11.9. The summed E-state index contributed by atoms with van der Waals surface area (Å²) < 4.78 is 5.10. The van der Waals surface area contributed by atoms with E-state index in [-0.39, 0.29) is 18.6 Å². The summed E-state index contributed by atoms with van der Waals surface area (Å²) in [7, 11) is 1.63. The highest BCUT2D eigenvalue weighted by molar-refractivity contribution is 5.76. The Kier molecular flexibility index (Phi) is 7.09. The molecule has 0 bridgehead atoms. The van der Waals surface area contributed by atoms with Crippen molar-refractivity contribution < 1.29 is 14.6 Å². The van der Waals surface area contributed by atoms with Crippen molar-refractivity contribution in [2.45, 2.75) is 39.2 Å². The third kappa shape index (κ3) is 5.61. The van der Waals surface area contributed by atoms with Crippen LogP contribution in [0.4, 0.5) is 0 Å². The maximum atomic E-state index is 11.9. The first-order chi connectivity index (χ1) is 9.56. The van der Waals surface area contributed by atoms with Crippen molar-refractivity contribution in [3.63, 3.8) is 0 Å². The van der Waals surface area contributed by atoms with Crippen LogP contribution in [0.15, 0.2) is 24.3 Å². The van der Waals surface area contributed by atoms with Crippen LogP contribution < -0.4 is 10.1 Å². The zero-order chi connectivity index (χ0) is 15.0. The van der Waals surface area contributed by atoms with E-state index in [1.165, 1.54) is 0 Å². The molecule has 0 saturated heterocycles. The van der Waals surface area contributed by atoms with Gasteiger partial charge in [-0.05, 0) is 36.5 Å². The molecule has 2 N–H and O–H groups in total. The molecule has 1 rings (SSSR count). The fraction of sp³-hybridized carbons (Fsp3) is 0.562. The lowest BCUT2D eigenvalue weighted by Gasteiger charge is -2.21. The van der Waals surface area contributed by atoms with E-state index >= 15 is 0 Å². The lowest BCUT2D eigenvalue weighted by Crippen LogP contribution is -2.39. The molecule has 112 valence electrons. The predicted molar refractivity (Wildman–Crippen MR) is 79.8 cm³/mol. The van der Waals surface area contributed by atoms with Crippen LogP contribution in [0, 0.1) is 5.92 Å². The molecule has 0 aliphatic rings. The number of amides is 1. The summed E-state index contributed by atoms with van der Waals surface area (Å²) in [6.45, 7) is 4.19. The van der Waals surface area contributed by atoms with Crippen LogP contribution in [0.1, 0.15) is 32.3 Å². The second-order valence-electron chi connectivity index (χ2n) is 5.28. The normalized spacial score (nSPS) is 12.2. The average Bonchev–Trinajstić information content (AvgIpc) is 2.45. The number of methoxy groups -OCH3 is 1. The van der Waals surface area contributed by atoms with Gasteiger partial charge in [-0.3, -0.25) is 4.79 Å². The van der Waals surface area contributed by atoms with Crippen molar-refractivity contribution in [2.75, 3.05) is 13.7 Å². The molecule has 0 saturated carbocycles. The average molecular weight is 279 g/mol. The summed E-state index contributed by atoms with van der Waals surface area (Å²) in [5, 5.41) is 12.0. The lowest BCUT2D eigenvalue weighted by molar-refractivity contribution is -0.122. The highest BCUT2D eigenvalue weighted by Crippen LogP contribution is 2.13. The van der Waals surface area contributed by atoms with E-state index in [2.05, 4.69) is 5.32 Å². The smallest absolute Gasteiger partial charge is 0.220 e. The first-order valence-corrected chi connectivity index (χ1v) is 7.10. The van der Waals surface area contributed by atoms with Crippen molar-refractivity contribution in [3.05, 3.63) is 29.8 Å². The molecule has 20 heavy (non-hydrogen) atoms. The van der Waals surface area contributed by atoms with E-state index in [4.69, 9.17) is 9.84 Å². The molecule has 0 heterocycles. The van der Waals surface area contributed by atoms with Crippen LogP contribution in [-0.2, 0) is 11.2 Å². The van der Waals surface area contributed by atoms with E-state index in [0.29, 0.717) is 25.2 Å². The lowest BCUT2D eigenvalue weighted by atomic mass is 10.0. The number of carbonyl (C=O) groups excluding carboxylic acids is 1. The van der Waals surface area contributed by atoms with Gasteiger partial charge in [0.15, 0.2) is 0 Å². The number of nitrogens with one attached hydrogen (secondary N) is 1. The van der Waals surface area contributed by atoms with Gasteiger partial charge in [0.2, 0.25) is 5.91 Å². The fourth-order valence-corrected chi connectivity index (χ4v) is 2.04. The minimum atomic E-state index is 0.0352. The minimum absolute atomic E-state index is 0.0352. The highest BCUT2D eigenvalue weighted by atomic mass is 16.5. The molecule has 0 aromatic heterocycles. The summed E-state index contributed by atoms with van der Waals surface area (Å²) in [6, 6.07) is 7.79. The number of hydrogen-bond donors (Lipinski definition) is 2. The van der Waals surface area contributed by atoms with Gasteiger partial charge in [-0.1, -0.05) is 26.0 Å². The number of carbonyl (C=O) groups is 1. The molecule has 1 amide bonds. The van der Waals surface area contributed by atoms with Gasteiger partial charge < -0.3 is 15.2 Å². The van der Waals surface area contributed by atoms with E-state index in [1.54, 1.807) is 7.11 Å². The topological polar surface area (TPSA) is 58.6 Å². The Morgan fingerprint density at radius 2 is 1.95 bits per heavy atom. The van der Waals surface area contributed by atoms with E-state index < -0.39 is 0 Å².